The van der Waals surface area contributed by atoms with Crippen LogP contribution in [0.4, 0.5) is 8.78 Å². The highest BCUT2D eigenvalue weighted by molar-refractivity contribution is 6.31. The van der Waals surface area contributed by atoms with Gasteiger partial charge in [0.25, 0.3) is 0 Å². The lowest BCUT2D eigenvalue weighted by Crippen LogP contribution is -2.40. The van der Waals surface area contributed by atoms with E-state index in [-0.39, 0.29) is 11.3 Å². The standard InChI is InChI=1S/C19H18BF2N7/c1-29-10-12(9-26-29)14(23)4-7-17(24)28-18(25)19(21,22)13-3-5-15-11(8-13)2-6-16(20)27-15/h2-10,23H,20H2,1H3,(H3,24,25,28)/b7-4-,23-14?. The second-order valence-electron chi connectivity index (χ2n) is 6.50. The van der Waals surface area contributed by atoms with Gasteiger partial charge >= 0.3 is 5.92 Å². The zero-order chi connectivity index (χ0) is 21.2. The fourth-order valence-corrected chi connectivity index (χ4v) is 2.65. The van der Waals surface area contributed by atoms with Crippen molar-refractivity contribution in [3.8, 4) is 0 Å². The molecule has 0 saturated heterocycles. The zero-order valence-corrected chi connectivity index (χ0v) is 15.8. The number of nitrogens with zero attached hydrogens (tertiary/aromatic N) is 3. The maximum atomic E-state index is 14.7. The summed E-state index contributed by atoms with van der Waals surface area (Å²) in [7, 11) is 3.52. The highest BCUT2D eigenvalue weighted by atomic mass is 19.3. The summed E-state index contributed by atoms with van der Waals surface area (Å²) >= 11 is 0. The van der Waals surface area contributed by atoms with Crippen molar-refractivity contribution in [1.82, 2.24) is 20.1 Å². The van der Waals surface area contributed by atoms with E-state index in [0.717, 1.165) is 11.7 Å². The van der Waals surface area contributed by atoms with Crippen LogP contribution in [-0.2, 0) is 13.0 Å². The Morgan fingerprint density at radius 3 is 2.62 bits per heavy atom. The lowest BCUT2D eigenvalue weighted by molar-refractivity contribution is 0.0721. The van der Waals surface area contributed by atoms with E-state index in [1.54, 1.807) is 25.4 Å². The minimum Gasteiger partial charge on any atom is -0.324 e. The van der Waals surface area contributed by atoms with E-state index in [1.807, 2.05) is 7.85 Å². The fraction of sp³-hybridized carbons (Fsp3) is 0.105. The van der Waals surface area contributed by atoms with Crippen molar-refractivity contribution >= 4 is 41.7 Å². The Kier molecular flexibility index (Phi) is 5.36. The van der Waals surface area contributed by atoms with Gasteiger partial charge in [0, 0.05) is 29.8 Å². The minimum atomic E-state index is -3.62. The first-order chi connectivity index (χ1) is 13.7. The van der Waals surface area contributed by atoms with E-state index in [4.69, 9.17) is 16.2 Å². The number of aryl methyl sites for hydroxylation is 1. The number of pyridine rings is 1. The molecule has 0 bridgehead atoms. The van der Waals surface area contributed by atoms with Crippen molar-refractivity contribution in [2.45, 2.75) is 5.92 Å². The van der Waals surface area contributed by atoms with Crippen LogP contribution in [0.1, 0.15) is 11.1 Å². The Bertz CT molecular complexity index is 1150. The number of allylic oxidation sites excluding steroid dienone is 1. The van der Waals surface area contributed by atoms with Gasteiger partial charge in [-0.25, -0.2) is 0 Å². The third-order valence-corrected chi connectivity index (χ3v) is 4.20. The molecule has 29 heavy (non-hydrogen) atoms. The smallest absolute Gasteiger partial charge is 0.324 e. The van der Waals surface area contributed by atoms with Gasteiger partial charge in [-0.3, -0.25) is 20.5 Å². The Labute approximate surface area is 166 Å². The van der Waals surface area contributed by atoms with Crippen LogP contribution in [0.3, 0.4) is 0 Å². The predicted octanol–water partition coefficient (Wildman–Crippen LogP) is 1.49. The molecule has 7 nitrogen and oxygen atoms in total. The molecule has 10 heteroatoms. The number of aromatic nitrogens is 3. The summed E-state index contributed by atoms with van der Waals surface area (Å²) in [6.07, 6.45) is 5.53. The number of benzene rings is 1. The summed E-state index contributed by atoms with van der Waals surface area (Å²) in [6.45, 7) is 0. The van der Waals surface area contributed by atoms with Crippen LogP contribution >= 0.6 is 0 Å². The van der Waals surface area contributed by atoms with E-state index in [2.05, 4.69) is 15.4 Å². The van der Waals surface area contributed by atoms with Gasteiger partial charge < -0.3 is 10.7 Å². The Morgan fingerprint density at radius 2 is 1.93 bits per heavy atom. The van der Waals surface area contributed by atoms with Crippen LogP contribution in [-0.4, -0.2) is 40.0 Å². The molecule has 146 valence electrons. The van der Waals surface area contributed by atoms with E-state index in [9.17, 15) is 8.78 Å². The van der Waals surface area contributed by atoms with Gasteiger partial charge in [0.1, 0.15) is 5.84 Å². The molecule has 0 radical (unpaired) electrons. The average molecular weight is 393 g/mol. The quantitative estimate of drug-likeness (QED) is 0.299. The third-order valence-electron chi connectivity index (χ3n) is 4.20. The molecule has 0 aliphatic carbocycles. The molecular formula is C19H18BF2N7. The van der Waals surface area contributed by atoms with Gasteiger partial charge in [-0.1, -0.05) is 18.2 Å². The molecular weight excluding hydrogens is 375 g/mol. The van der Waals surface area contributed by atoms with Crippen molar-refractivity contribution < 1.29 is 8.78 Å². The molecule has 0 aliphatic rings. The highest BCUT2D eigenvalue weighted by Gasteiger charge is 2.38. The molecule has 1 aromatic carbocycles. The van der Waals surface area contributed by atoms with Gasteiger partial charge in [-0.15, -0.1) is 0 Å². The monoisotopic (exact) mass is 393 g/mol. The largest absolute Gasteiger partial charge is 0.329 e. The number of hydrogen-bond acceptors (Lipinski definition) is 5. The number of rotatable bonds is 5. The average Bonchev–Trinajstić information content (AvgIpc) is 3.12. The summed E-state index contributed by atoms with van der Waals surface area (Å²) in [6, 6.07) is 7.42. The third kappa shape index (κ3) is 4.42. The van der Waals surface area contributed by atoms with E-state index < -0.39 is 17.6 Å². The second kappa shape index (κ2) is 7.74. The van der Waals surface area contributed by atoms with Gasteiger partial charge in [0.2, 0.25) is 0 Å². The molecule has 3 aromatic rings. The van der Waals surface area contributed by atoms with Crippen LogP contribution < -0.4 is 10.9 Å². The summed E-state index contributed by atoms with van der Waals surface area (Å²) in [4.78, 5) is 4.28. The zero-order valence-electron chi connectivity index (χ0n) is 15.8. The molecule has 3 rings (SSSR count). The molecule has 0 spiro atoms. The minimum absolute atomic E-state index is 0.0697. The molecule has 4 N–H and O–H groups in total. The highest BCUT2D eigenvalue weighted by Crippen LogP contribution is 2.30. The van der Waals surface area contributed by atoms with Crippen molar-refractivity contribution in [1.29, 1.82) is 16.2 Å². The Morgan fingerprint density at radius 1 is 1.17 bits per heavy atom. The van der Waals surface area contributed by atoms with Crippen molar-refractivity contribution in [3.63, 3.8) is 0 Å². The number of nitrogens with one attached hydrogen (secondary N) is 4. The second-order valence-corrected chi connectivity index (χ2v) is 6.50. The van der Waals surface area contributed by atoms with Crippen LogP contribution in [0.25, 0.3) is 10.9 Å². The van der Waals surface area contributed by atoms with Crippen LogP contribution in [0.5, 0.6) is 0 Å². The fourth-order valence-electron chi connectivity index (χ4n) is 2.65. The van der Waals surface area contributed by atoms with E-state index in [0.29, 0.717) is 16.5 Å². The summed E-state index contributed by atoms with van der Waals surface area (Å²) < 4.78 is 30.9. The number of hydrogen-bond donors (Lipinski definition) is 4. The normalized spacial score (nSPS) is 11.7. The van der Waals surface area contributed by atoms with Gasteiger partial charge in [0.05, 0.1) is 17.4 Å². The molecule has 0 saturated carbocycles. The first kappa shape index (κ1) is 20.1. The molecule has 0 fully saturated rings. The lowest BCUT2D eigenvalue weighted by Gasteiger charge is -2.19. The van der Waals surface area contributed by atoms with Gasteiger partial charge in [-0.2, -0.15) is 13.9 Å². The topological polar surface area (TPSA) is 114 Å². The number of halogens is 2. The maximum Gasteiger partial charge on any atom is 0.329 e. The van der Waals surface area contributed by atoms with Crippen molar-refractivity contribution in [2.24, 2.45) is 7.05 Å². The summed E-state index contributed by atoms with van der Waals surface area (Å²) in [5.74, 6) is -5.17. The maximum absolute atomic E-state index is 14.7. The van der Waals surface area contributed by atoms with Crippen molar-refractivity contribution in [2.75, 3.05) is 0 Å². The summed E-state index contributed by atoms with van der Waals surface area (Å²) in [5.41, 5.74) is 1.60. The SMILES string of the molecule is Bc1ccc2cc(C(F)(F)C(=N)NC(=N)/C=C\C(=N)c3cnn(C)c3)ccc2n1. The van der Waals surface area contributed by atoms with E-state index in [1.165, 1.54) is 35.2 Å². The Balaban J connectivity index is 1.71. The van der Waals surface area contributed by atoms with Crippen molar-refractivity contribution in [3.05, 3.63) is 66.0 Å². The molecule has 0 amide bonds. The van der Waals surface area contributed by atoms with Gasteiger partial charge in [-0.05, 0) is 29.9 Å². The van der Waals surface area contributed by atoms with Crippen LogP contribution in [0, 0.1) is 16.2 Å². The van der Waals surface area contributed by atoms with E-state index >= 15 is 0 Å². The van der Waals surface area contributed by atoms with Gasteiger partial charge in [0.15, 0.2) is 13.7 Å². The molecule has 0 aliphatic heterocycles. The Hall–Kier alpha value is -3.69. The number of alkyl halides is 2. The number of fused-ring (bicyclic) bond motifs is 1. The molecule has 0 atom stereocenters. The molecule has 0 unspecified atom stereocenters. The van der Waals surface area contributed by atoms with Crippen LogP contribution in [0.15, 0.2) is 54.9 Å². The predicted molar refractivity (Wildman–Crippen MR) is 112 cm³/mol. The molecule has 2 heterocycles. The van der Waals surface area contributed by atoms with Crippen LogP contribution in [0.2, 0.25) is 0 Å². The molecule has 2 aromatic heterocycles. The first-order valence-electron chi connectivity index (χ1n) is 8.63. The summed E-state index contributed by atoms with van der Waals surface area (Å²) in [5, 5.41) is 30.0. The lowest BCUT2D eigenvalue weighted by atomic mass is 10.0. The number of amidine groups is 2. The first-order valence-corrected chi connectivity index (χ1v) is 8.63.